The number of fused-ring (bicyclic) bond motifs is 7. The molecule has 0 unspecified atom stereocenters. The second-order valence-corrected chi connectivity index (χ2v) is 10.1. The number of rotatable bonds is 4. The minimum atomic E-state index is -0.0829. The van der Waals surface area contributed by atoms with Crippen molar-refractivity contribution in [3.8, 4) is 17.2 Å². The Morgan fingerprint density at radius 3 is 2.32 bits per heavy atom. The van der Waals surface area contributed by atoms with Crippen molar-refractivity contribution >= 4 is 27.5 Å². The van der Waals surface area contributed by atoms with Gasteiger partial charge in [0.2, 0.25) is 0 Å². The van der Waals surface area contributed by atoms with E-state index in [0.717, 1.165) is 60.9 Å². The molecule has 5 nitrogen and oxygen atoms in total. The van der Waals surface area contributed by atoms with Crippen molar-refractivity contribution in [2.45, 2.75) is 64.0 Å². The lowest BCUT2D eigenvalue weighted by Gasteiger charge is -2.33. The van der Waals surface area contributed by atoms with Crippen LogP contribution in [0.15, 0.2) is 30.3 Å². The zero-order chi connectivity index (χ0) is 23.2. The maximum absolute atomic E-state index is 12.8. The number of hydrogen-bond donors (Lipinski definition) is 0. The molecule has 2 aliphatic heterocycles. The summed E-state index contributed by atoms with van der Waals surface area (Å²) in [6, 6.07) is 11.0. The highest BCUT2D eigenvalue weighted by Gasteiger charge is 2.32. The van der Waals surface area contributed by atoms with Crippen LogP contribution >= 0.6 is 0 Å². The highest BCUT2D eigenvalue weighted by molar-refractivity contribution is 6.12. The molecular weight excluding hydrogens is 426 g/mol. The summed E-state index contributed by atoms with van der Waals surface area (Å²) in [6.45, 7) is 2.15. The van der Waals surface area contributed by atoms with Crippen molar-refractivity contribution in [1.82, 2.24) is 4.90 Å². The molecule has 5 heteroatoms. The lowest BCUT2D eigenvalue weighted by atomic mass is 9.85. The SMILES string of the molecule is COc1cc2c3c(c4ccc(OC(=O)C5CCCCC5)cc4c2cc1OC)CN1CCC[C@@H]1C3. The van der Waals surface area contributed by atoms with Crippen molar-refractivity contribution < 1.29 is 19.0 Å². The van der Waals surface area contributed by atoms with E-state index in [-0.39, 0.29) is 11.9 Å². The Morgan fingerprint density at radius 2 is 1.56 bits per heavy atom. The van der Waals surface area contributed by atoms with Crippen molar-refractivity contribution in [3.63, 3.8) is 0 Å². The van der Waals surface area contributed by atoms with Gasteiger partial charge < -0.3 is 14.2 Å². The summed E-state index contributed by atoms with van der Waals surface area (Å²) in [5.74, 6) is 2.06. The molecular formula is C29H33NO4. The van der Waals surface area contributed by atoms with E-state index < -0.39 is 0 Å². The van der Waals surface area contributed by atoms with Gasteiger partial charge in [-0.05, 0) is 95.6 Å². The number of hydrogen-bond acceptors (Lipinski definition) is 5. The lowest BCUT2D eigenvalue weighted by Crippen LogP contribution is -2.35. The predicted molar refractivity (Wildman–Crippen MR) is 134 cm³/mol. The molecule has 6 rings (SSSR count). The highest BCUT2D eigenvalue weighted by atomic mass is 16.5. The second-order valence-electron chi connectivity index (χ2n) is 10.1. The van der Waals surface area contributed by atoms with Crippen LogP contribution in [0.2, 0.25) is 0 Å². The van der Waals surface area contributed by atoms with E-state index in [1.165, 1.54) is 47.7 Å². The van der Waals surface area contributed by atoms with Crippen LogP contribution in [-0.2, 0) is 17.8 Å². The molecule has 1 aliphatic carbocycles. The van der Waals surface area contributed by atoms with Crippen LogP contribution in [-0.4, -0.2) is 37.7 Å². The van der Waals surface area contributed by atoms with E-state index in [1.807, 2.05) is 6.07 Å². The summed E-state index contributed by atoms with van der Waals surface area (Å²) in [4.78, 5) is 15.5. The zero-order valence-corrected chi connectivity index (χ0v) is 20.2. The summed E-state index contributed by atoms with van der Waals surface area (Å²) in [6.07, 6.45) is 8.94. The predicted octanol–water partition coefficient (Wildman–Crippen LogP) is 6.02. The van der Waals surface area contributed by atoms with Crippen LogP contribution in [0.5, 0.6) is 17.2 Å². The number of nitrogens with zero attached hydrogens (tertiary/aromatic N) is 1. The molecule has 0 radical (unpaired) electrons. The van der Waals surface area contributed by atoms with E-state index in [0.29, 0.717) is 11.8 Å². The lowest BCUT2D eigenvalue weighted by molar-refractivity contribution is -0.139. The molecule has 0 amide bonds. The fourth-order valence-electron chi connectivity index (χ4n) is 6.47. The van der Waals surface area contributed by atoms with Gasteiger partial charge in [0.15, 0.2) is 11.5 Å². The molecule has 3 aromatic carbocycles. The van der Waals surface area contributed by atoms with Gasteiger partial charge in [-0.2, -0.15) is 0 Å². The zero-order valence-electron chi connectivity index (χ0n) is 20.2. The van der Waals surface area contributed by atoms with E-state index >= 15 is 0 Å². The van der Waals surface area contributed by atoms with E-state index in [4.69, 9.17) is 14.2 Å². The Balaban J connectivity index is 1.50. The van der Waals surface area contributed by atoms with Crippen LogP contribution < -0.4 is 14.2 Å². The third-order valence-electron chi connectivity index (χ3n) is 8.28. The molecule has 0 N–H and O–H groups in total. The highest BCUT2D eigenvalue weighted by Crippen LogP contribution is 2.44. The number of esters is 1. The largest absolute Gasteiger partial charge is 0.493 e. The van der Waals surface area contributed by atoms with Crippen LogP contribution in [0, 0.1) is 5.92 Å². The molecule has 1 saturated heterocycles. The molecule has 3 aromatic rings. The van der Waals surface area contributed by atoms with Gasteiger partial charge in [0.25, 0.3) is 0 Å². The number of methoxy groups -OCH3 is 2. The first kappa shape index (κ1) is 21.7. The minimum absolute atomic E-state index is 0.0289. The molecule has 1 saturated carbocycles. The van der Waals surface area contributed by atoms with Crippen molar-refractivity contribution in [2.24, 2.45) is 5.92 Å². The maximum atomic E-state index is 12.8. The third-order valence-corrected chi connectivity index (χ3v) is 8.28. The Morgan fingerprint density at radius 1 is 0.824 bits per heavy atom. The smallest absolute Gasteiger partial charge is 0.314 e. The summed E-state index contributed by atoms with van der Waals surface area (Å²) >= 11 is 0. The van der Waals surface area contributed by atoms with Gasteiger partial charge in [-0.3, -0.25) is 9.69 Å². The van der Waals surface area contributed by atoms with Gasteiger partial charge in [0.1, 0.15) is 5.75 Å². The fourth-order valence-corrected chi connectivity index (χ4v) is 6.47. The number of ether oxygens (including phenoxy) is 3. The van der Waals surface area contributed by atoms with Gasteiger partial charge in [0.05, 0.1) is 20.1 Å². The van der Waals surface area contributed by atoms with Gasteiger partial charge in [-0.1, -0.05) is 25.3 Å². The van der Waals surface area contributed by atoms with Crippen molar-refractivity contribution in [1.29, 1.82) is 0 Å². The van der Waals surface area contributed by atoms with Crippen LogP contribution in [0.1, 0.15) is 56.1 Å². The quantitative estimate of drug-likeness (QED) is 0.271. The Labute approximate surface area is 201 Å². The average Bonchev–Trinajstić information content (AvgIpc) is 3.35. The molecule has 0 spiro atoms. The average molecular weight is 460 g/mol. The summed E-state index contributed by atoms with van der Waals surface area (Å²) in [5.41, 5.74) is 2.83. The summed E-state index contributed by atoms with van der Waals surface area (Å²) < 4.78 is 17.3. The Bertz CT molecular complexity index is 1260. The Hall–Kier alpha value is -2.79. The van der Waals surface area contributed by atoms with Gasteiger partial charge in [-0.15, -0.1) is 0 Å². The van der Waals surface area contributed by atoms with E-state index in [1.54, 1.807) is 14.2 Å². The van der Waals surface area contributed by atoms with Gasteiger partial charge in [-0.25, -0.2) is 0 Å². The monoisotopic (exact) mass is 459 g/mol. The second kappa shape index (κ2) is 8.77. The maximum Gasteiger partial charge on any atom is 0.314 e. The fraction of sp³-hybridized carbons (Fsp3) is 0.483. The van der Waals surface area contributed by atoms with Gasteiger partial charge >= 0.3 is 5.97 Å². The molecule has 3 aliphatic rings. The molecule has 0 aromatic heterocycles. The molecule has 34 heavy (non-hydrogen) atoms. The number of carbonyl (C=O) groups excluding carboxylic acids is 1. The molecule has 2 heterocycles. The third kappa shape index (κ3) is 3.61. The molecule has 1 atom stereocenters. The van der Waals surface area contributed by atoms with E-state index in [9.17, 15) is 4.79 Å². The first-order valence-electron chi connectivity index (χ1n) is 12.7. The Kier molecular flexibility index (Phi) is 5.60. The molecule has 0 bridgehead atoms. The summed E-state index contributed by atoms with van der Waals surface area (Å²) in [7, 11) is 3.37. The van der Waals surface area contributed by atoms with Crippen LogP contribution in [0.4, 0.5) is 0 Å². The standard InChI is InChI=1S/C29H33NO4/c1-32-27-15-24-22-13-19-9-6-12-30(19)17-26(22)21-11-10-20(14-23(21)25(24)16-28(27)33-2)34-29(31)18-7-4-3-5-8-18/h10-11,14-16,18-19H,3-9,12-13,17H2,1-2H3/t19-/m1/s1. The summed E-state index contributed by atoms with van der Waals surface area (Å²) in [5, 5.41) is 4.72. The molecule has 178 valence electrons. The van der Waals surface area contributed by atoms with Gasteiger partial charge in [0, 0.05) is 12.6 Å². The van der Waals surface area contributed by atoms with Crippen molar-refractivity contribution in [2.75, 3.05) is 20.8 Å². The van der Waals surface area contributed by atoms with E-state index in [2.05, 4.69) is 29.2 Å². The minimum Gasteiger partial charge on any atom is -0.493 e. The first-order chi connectivity index (χ1) is 16.7. The first-order valence-corrected chi connectivity index (χ1v) is 12.7. The van der Waals surface area contributed by atoms with Crippen LogP contribution in [0.3, 0.4) is 0 Å². The number of carbonyl (C=O) groups is 1. The normalized spacial score (nSPS) is 20.8. The topological polar surface area (TPSA) is 48.0 Å². The molecule has 2 fully saturated rings. The van der Waals surface area contributed by atoms with Crippen LogP contribution in [0.25, 0.3) is 21.5 Å². The van der Waals surface area contributed by atoms with Crippen molar-refractivity contribution in [3.05, 3.63) is 41.5 Å². The number of benzene rings is 3.